The molecule has 2 atom stereocenters. The first kappa shape index (κ1) is 14.6. The van der Waals surface area contributed by atoms with E-state index in [1.54, 1.807) is 0 Å². The summed E-state index contributed by atoms with van der Waals surface area (Å²) in [5, 5.41) is 0. The molecule has 0 amide bonds. The maximum absolute atomic E-state index is 6.13. The molecule has 2 heterocycles. The largest absolute Gasteiger partial charge is 0.353 e. The monoisotopic (exact) mass is 281 g/mol. The van der Waals surface area contributed by atoms with Crippen LogP contribution in [0.5, 0.6) is 0 Å². The summed E-state index contributed by atoms with van der Waals surface area (Å²) in [5.41, 5.74) is 3.49. The molecule has 1 fully saturated rings. The summed E-state index contributed by atoms with van der Waals surface area (Å²) in [5.74, 6) is 1.61. The molecule has 0 spiro atoms. The van der Waals surface area contributed by atoms with Crippen LogP contribution in [0, 0.1) is 13.8 Å². The Morgan fingerprint density at radius 2 is 1.84 bits per heavy atom. The van der Waals surface area contributed by atoms with Crippen LogP contribution in [0.25, 0.3) is 0 Å². The minimum absolute atomic E-state index is 0.531. The van der Waals surface area contributed by atoms with E-state index in [1.165, 1.54) is 11.1 Å². The van der Waals surface area contributed by atoms with Gasteiger partial charge in [0.2, 0.25) is 0 Å². The standard InChI is InChI=1S/C15H24ClN3/c1-10-6-11(2)17-15(14(10)7-16)19-8-12(3)18(5)13(4)9-19/h6,12-13H,7-9H2,1-5H3. The van der Waals surface area contributed by atoms with Gasteiger partial charge in [0.15, 0.2) is 0 Å². The van der Waals surface area contributed by atoms with Crippen molar-refractivity contribution < 1.29 is 0 Å². The Bertz CT molecular complexity index is 449. The second kappa shape index (κ2) is 5.68. The number of likely N-dealkylation sites (N-methyl/N-ethyl adjacent to an activating group) is 1. The summed E-state index contributed by atoms with van der Waals surface area (Å²) in [6, 6.07) is 3.19. The molecule has 0 saturated carbocycles. The van der Waals surface area contributed by atoms with Gasteiger partial charge in [0.25, 0.3) is 0 Å². The molecule has 1 aromatic rings. The van der Waals surface area contributed by atoms with Crippen LogP contribution in [0.2, 0.25) is 0 Å². The molecule has 0 N–H and O–H groups in total. The van der Waals surface area contributed by atoms with Crippen molar-refractivity contribution in [3.63, 3.8) is 0 Å². The molecule has 1 aliphatic rings. The molecule has 106 valence electrons. The molecular weight excluding hydrogens is 258 g/mol. The molecule has 3 nitrogen and oxygen atoms in total. The molecule has 19 heavy (non-hydrogen) atoms. The van der Waals surface area contributed by atoms with E-state index in [2.05, 4.69) is 50.6 Å². The van der Waals surface area contributed by atoms with Crippen LogP contribution in [0.1, 0.15) is 30.7 Å². The first-order valence-corrected chi connectivity index (χ1v) is 7.47. The van der Waals surface area contributed by atoms with Crippen LogP contribution in [-0.2, 0) is 5.88 Å². The Morgan fingerprint density at radius 1 is 1.26 bits per heavy atom. The summed E-state index contributed by atoms with van der Waals surface area (Å²) in [7, 11) is 2.20. The summed E-state index contributed by atoms with van der Waals surface area (Å²) in [6.45, 7) is 10.7. The highest BCUT2D eigenvalue weighted by atomic mass is 35.5. The number of pyridine rings is 1. The van der Waals surface area contributed by atoms with Gasteiger partial charge >= 0.3 is 0 Å². The fourth-order valence-corrected chi connectivity index (χ4v) is 3.18. The number of aryl methyl sites for hydroxylation is 2. The van der Waals surface area contributed by atoms with E-state index in [1.807, 2.05) is 0 Å². The highest BCUT2D eigenvalue weighted by Crippen LogP contribution is 2.27. The van der Waals surface area contributed by atoms with Gasteiger partial charge in [-0.25, -0.2) is 4.98 Å². The Hall–Kier alpha value is -0.800. The fraction of sp³-hybridized carbons (Fsp3) is 0.667. The van der Waals surface area contributed by atoms with Crippen LogP contribution >= 0.6 is 11.6 Å². The molecule has 2 rings (SSSR count). The average Bonchev–Trinajstić information content (AvgIpc) is 2.34. The van der Waals surface area contributed by atoms with Gasteiger partial charge in [0.1, 0.15) is 5.82 Å². The third-order valence-electron chi connectivity index (χ3n) is 4.25. The van der Waals surface area contributed by atoms with Gasteiger partial charge in [-0.15, -0.1) is 11.6 Å². The van der Waals surface area contributed by atoms with Gasteiger partial charge < -0.3 is 4.90 Å². The van der Waals surface area contributed by atoms with Crippen LogP contribution in [0.4, 0.5) is 5.82 Å². The number of hydrogen-bond acceptors (Lipinski definition) is 3. The van der Waals surface area contributed by atoms with Crippen LogP contribution in [0.15, 0.2) is 6.07 Å². The number of rotatable bonds is 2. The summed E-state index contributed by atoms with van der Waals surface area (Å²) >= 11 is 6.13. The maximum atomic E-state index is 6.13. The maximum Gasteiger partial charge on any atom is 0.133 e. The van der Waals surface area contributed by atoms with Crippen LogP contribution < -0.4 is 4.90 Å². The smallest absolute Gasteiger partial charge is 0.133 e. The van der Waals surface area contributed by atoms with Crippen molar-refractivity contribution in [2.75, 3.05) is 25.0 Å². The Balaban J connectivity index is 2.36. The van der Waals surface area contributed by atoms with E-state index in [9.17, 15) is 0 Å². The lowest BCUT2D eigenvalue weighted by atomic mass is 10.1. The SMILES string of the molecule is Cc1cc(C)c(CCl)c(N2CC(C)N(C)C(C)C2)n1. The van der Waals surface area contributed by atoms with Gasteiger partial charge in [-0.1, -0.05) is 0 Å². The molecule has 0 radical (unpaired) electrons. The van der Waals surface area contributed by atoms with Crippen molar-refractivity contribution in [3.05, 3.63) is 22.9 Å². The molecule has 0 bridgehead atoms. The number of nitrogens with zero attached hydrogens (tertiary/aromatic N) is 3. The lowest BCUT2D eigenvalue weighted by Gasteiger charge is -2.43. The van der Waals surface area contributed by atoms with Gasteiger partial charge in [-0.3, -0.25) is 4.90 Å². The zero-order chi connectivity index (χ0) is 14.2. The Kier molecular flexibility index (Phi) is 4.36. The molecule has 1 saturated heterocycles. The molecule has 1 aliphatic heterocycles. The molecule has 0 aromatic carbocycles. The Labute approximate surface area is 121 Å². The number of halogens is 1. The normalized spacial score (nSPS) is 24.8. The zero-order valence-corrected chi connectivity index (χ0v) is 13.3. The van der Waals surface area contributed by atoms with Gasteiger partial charge in [-0.05, 0) is 46.4 Å². The van der Waals surface area contributed by atoms with Crippen molar-refractivity contribution in [2.24, 2.45) is 0 Å². The first-order chi connectivity index (χ1) is 8.93. The molecule has 1 aromatic heterocycles. The third-order valence-corrected chi connectivity index (χ3v) is 4.51. The second-order valence-electron chi connectivity index (χ2n) is 5.78. The number of hydrogen-bond donors (Lipinski definition) is 0. The number of anilines is 1. The predicted octanol–water partition coefficient (Wildman–Crippen LogP) is 2.97. The highest BCUT2D eigenvalue weighted by Gasteiger charge is 2.28. The minimum Gasteiger partial charge on any atom is -0.353 e. The summed E-state index contributed by atoms with van der Waals surface area (Å²) < 4.78 is 0. The topological polar surface area (TPSA) is 19.4 Å². The highest BCUT2D eigenvalue weighted by molar-refractivity contribution is 6.17. The van der Waals surface area contributed by atoms with Crippen LogP contribution in [0.3, 0.4) is 0 Å². The van der Waals surface area contributed by atoms with Crippen molar-refractivity contribution in [3.8, 4) is 0 Å². The second-order valence-corrected chi connectivity index (χ2v) is 6.05. The van der Waals surface area contributed by atoms with E-state index >= 15 is 0 Å². The quantitative estimate of drug-likeness (QED) is 0.777. The van der Waals surface area contributed by atoms with Crippen molar-refractivity contribution >= 4 is 17.4 Å². The van der Waals surface area contributed by atoms with E-state index in [0.717, 1.165) is 24.6 Å². The van der Waals surface area contributed by atoms with E-state index in [-0.39, 0.29) is 0 Å². The van der Waals surface area contributed by atoms with Crippen molar-refractivity contribution in [1.82, 2.24) is 9.88 Å². The number of piperazine rings is 1. The summed E-state index contributed by atoms with van der Waals surface area (Å²) in [6.07, 6.45) is 0. The average molecular weight is 282 g/mol. The summed E-state index contributed by atoms with van der Waals surface area (Å²) in [4.78, 5) is 9.57. The van der Waals surface area contributed by atoms with Gasteiger partial charge in [0.05, 0.1) is 5.88 Å². The van der Waals surface area contributed by atoms with Crippen LogP contribution in [-0.4, -0.2) is 42.1 Å². The third kappa shape index (κ3) is 2.87. The Morgan fingerprint density at radius 3 is 2.37 bits per heavy atom. The molecule has 0 aliphatic carbocycles. The number of alkyl halides is 1. The number of aromatic nitrogens is 1. The van der Waals surface area contributed by atoms with Gasteiger partial charge in [0, 0.05) is 36.4 Å². The van der Waals surface area contributed by atoms with Crippen molar-refractivity contribution in [2.45, 2.75) is 45.7 Å². The van der Waals surface area contributed by atoms with E-state index in [0.29, 0.717) is 18.0 Å². The lowest BCUT2D eigenvalue weighted by Crippen LogP contribution is -2.55. The predicted molar refractivity (Wildman–Crippen MR) is 82.2 cm³/mol. The van der Waals surface area contributed by atoms with Crippen molar-refractivity contribution in [1.29, 1.82) is 0 Å². The first-order valence-electron chi connectivity index (χ1n) is 6.94. The fourth-order valence-electron chi connectivity index (χ4n) is 2.85. The zero-order valence-electron chi connectivity index (χ0n) is 12.6. The van der Waals surface area contributed by atoms with E-state index < -0.39 is 0 Å². The van der Waals surface area contributed by atoms with E-state index in [4.69, 9.17) is 16.6 Å². The molecular formula is C15H24ClN3. The molecule has 2 unspecified atom stereocenters. The lowest BCUT2D eigenvalue weighted by molar-refractivity contribution is 0.169. The minimum atomic E-state index is 0.531. The molecule has 4 heteroatoms. The van der Waals surface area contributed by atoms with Gasteiger partial charge in [-0.2, -0.15) is 0 Å².